The molecule has 0 aliphatic heterocycles. The van der Waals surface area contributed by atoms with Gasteiger partial charge in [0.1, 0.15) is 5.82 Å². The molecule has 4 aromatic rings. The van der Waals surface area contributed by atoms with E-state index in [4.69, 9.17) is 4.98 Å². The third-order valence-corrected chi connectivity index (χ3v) is 6.13. The Balaban J connectivity index is 1.46. The third kappa shape index (κ3) is 5.73. The third-order valence-electron chi connectivity index (χ3n) is 6.13. The van der Waals surface area contributed by atoms with Crippen LogP contribution in [0.2, 0.25) is 0 Å². The molecular formula is C29H31N3O2. The van der Waals surface area contributed by atoms with Gasteiger partial charge < -0.3 is 15.0 Å². The molecule has 0 bridgehead atoms. The number of imidazole rings is 1. The molecule has 1 unspecified atom stereocenters. The summed E-state index contributed by atoms with van der Waals surface area (Å²) in [5.74, 6) is 1.01. The molecule has 0 saturated heterocycles. The summed E-state index contributed by atoms with van der Waals surface area (Å²) >= 11 is 0. The zero-order valence-electron chi connectivity index (χ0n) is 19.5. The van der Waals surface area contributed by atoms with E-state index >= 15 is 0 Å². The summed E-state index contributed by atoms with van der Waals surface area (Å²) in [5.41, 5.74) is 5.46. The lowest BCUT2D eigenvalue weighted by atomic mass is 10.0. The lowest BCUT2D eigenvalue weighted by molar-refractivity contribution is 0.189. The molecule has 0 aliphatic rings. The van der Waals surface area contributed by atoms with Crippen LogP contribution in [0.1, 0.15) is 43.1 Å². The summed E-state index contributed by atoms with van der Waals surface area (Å²) in [5, 5.41) is 11.9. The topological polar surface area (TPSA) is 67.2 Å². The fourth-order valence-electron chi connectivity index (χ4n) is 4.48. The first-order chi connectivity index (χ1) is 16.6. The zero-order valence-corrected chi connectivity index (χ0v) is 19.5. The Hall–Kier alpha value is -3.86. The van der Waals surface area contributed by atoms with Crippen LogP contribution in [0.5, 0.6) is 0 Å². The van der Waals surface area contributed by atoms with Gasteiger partial charge in [-0.3, -0.25) is 0 Å². The molecule has 0 spiro atoms. The van der Waals surface area contributed by atoms with Crippen molar-refractivity contribution in [2.24, 2.45) is 0 Å². The Morgan fingerprint density at radius 3 is 2.06 bits per heavy atom. The van der Waals surface area contributed by atoms with Gasteiger partial charge in [0, 0.05) is 17.7 Å². The second-order valence-electron chi connectivity index (χ2n) is 8.50. The van der Waals surface area contributed by atoms with Crippen molar-refractivity contribution in [2.75, 3.05) is 0 Å². The van der Waals surface area contributed by atoms with Crippen molar-refractivity contribution in [3.63, 3.8) is 0 Å². The highest BCUT2D eigenvalue weighted by Crippen LogP contribution is 2.33. The molecule has 3 aromatic carbocycles. The number of nitrogens with zero attached hydrogens (tertiary/aromatic N) is 2. The molecule has 0 fully saturated rings. The van der Waals surface area contributed by atoms with Gasteiger partial charge in [-0.15, -0.1) is 0 Å². The molecule has 1 aromatic heterocycles. The molecule has 5 nitrogen and oxygen atoms in total. The highest BCUT2D eigenvalue weighted by Gasteiger charge is 2.18. The van der Waals surface area contributed by atoms with Gasteiger partial charge in [0.25, 0.3) is 0 Å². The molecule has 1 heterocycles. The van der Waals surface area contributed by atoms with Crippen LogP contribution in [-0.2, 0) is 6.54 Å². The molecule has 4 rings (SSSR count). The maximum absolute atomic E-state index is 11.3. The van der Waals surface area contributed by atoms with Gasteiger partial charge in [-0.2, -0.15) is 0 Å². The SMILES string of the molecule is Cc1nc(-c2ccccc2)c(-c2ccccc2)n1CCCCCC(NC(=O)O)c1ccccc1. The standard InChI is InChI=1S/C29H31N3O2/c1-22-30-27(24-16-8-3-9-17-24)28(25-18-10-4-11-19-25)32(22)21-13-5-12-20-26(31-29(33)34)23-14-6-2-7-15-23/h2-4,6-11,14-19,26,31H,5,12-13,20-21H2,1H3,(H,33,34). The quantitative estimate of drug-likeness (QED) is 0.252. The fraction of sp³-hybridized carbons (Fsp3) is 0.241. The summed E-state index contributed by atoms with van der Waals surface area (Å²) < 4.78 is 2.32. The van der Waals surface area contributed by atoms with Crippen molar-refractivity contribution in [3.05, 3.63) is 102 Å². The predicted molar refractivity (Wildman–Crippen MR) is 137 cm³/mol. The zero-order chi connectivity index (χ0) is 23.8. The van der Waals surface area contributed by atoms with Crippen molar-refractivity contribution in [3.8, 4) is 22.5 Å². The van der Waals surface area contributed by atoms with Crippen molar-refractivity contribution < 1.29 is 9.90 Å². The Kier molecular flexibility index (Phi) is 7.76. The number of hydrogen-bond acceptors (Lipinski definition) is 2. The average Bonchev–Trinajstić information content (AvgIpc) is 3.20. The van der Waals surface area contributed by atoms with Crippen LogP contribution >= 0.6 is 0 Å². The van der Waals surface area contributed by atoms with Gasteiger partial charge >= 0.3 is 6.09 Å². The highest BCUT2D eigenvalue weighted by atomic mass is 16.4. The molecule has 0 aliphatic carbocycles. The van der Waals surface area contributed by atoms with Crippen LogP contribution < -0.4 is 5.32 Å². The highest BCUT2D eigenvalue weighted by molar-refractivity contribution is 5.79. The maximum Gasteiger partial charge on any atom is 0.405 e. The van der Waals surface area contributed by atoms with Gasteiger partial charge in [0.2, 0.25) is 0 Å². The molecule has 1 amide bonds. The first-order valence-corrected chi connectivity index (χ1v) is 11.9. The van der Waals surface area contributed by atoms with E-state index in [9.17, 15) is 9.90 Å². The molecule has 174 valence electrons. The van der Waals surface area contributed by atoms with E-state index in [-0.39, 0.29) is 6.04 Å². The number of aryl methyl sites for hydroxylation is 1. The largest absolute Gasteiger partial charge is 0.465 e. The monoisotopic (exact) mass is 453 g/mol. The Labute approximate surface area is 201 Å². The second kappa shape index (κ2) is 11.3. The first kappa shape index (κ1) is 23.3. The van der Waals surface area contributed by atoms with E-state index in [1.807, 2.05) is 54.6 Å². The van der Waals surface area contributed by atoms with Crippen molar-refractivity contribution in [1.82, 2.24) is 14.9 Å². The fourth-order valence-corrected chi connectivity index (χ4v) is 4.48. The van der Waals surface area contributed by atoms with Crippen molar-refractivity contribution in [2.45, 2.75) is 45.2 Å². The number of nitrogens with one attached hydrogen (secondary N) is 1. The van der Waals surface area contributed by atoms with Crippen LogP contribution in [0, 0.1) is 6.92 Å². The van der Waals surface area contributed by atoms with Crippen LogP contribution in [-0.4, -0.2) is 20.8 Å². The van der Waals surface area contributed by atoms with Crippen LogP contribution in [0.4, 0.5) is 4.79 Å². The molecule has 0 radical (unpaired) electrons. The number of carboxylic acid groups (broad SMARTS) is 1. The molecule has 34 heavy (non-hydrogen) atoms. The second-order valence-corrected chi connectivity index (χ2v) is 8.50. The van der Waals surface area contributed by atoms with Crippen LogP contribution in [0.3, 0.4) is 0 Å². The number of benzene rings is 3. The molecule has 2 N–H and O–H groups in total. The van der Waals surface area contributed by atoms with E-state index in [1.54, 1.807) is 0 Å². The lowest BCUT2D eigenvalue weighted by Crippen LogP contribution is -2.26. The number of rotatable bonds is 10. The van der Waals surface area contributed by atoms with Gasteiger partial charge in [-0.25, -0.2) is 9.78 Å². The van der Waals surface area contributed by atoms with Gasteiger partial charge in [0.15, 0.2) is 0 Å². The minimum atomic E-state index is -0.983. The number of unbranched alkanes of at least 4 members (excludes halogenated alkanes) is 2. The Morgan fingerprint density at radius 1 is 0.853 bits per heavy atom. The van der Waals surface area contributed by atoms with E-state index in [0.717, 1.165) is 66.1 Å². The predicted octanol–water partition coefficient (Wildman–Crippen LogP) is 7.09. The van der Waals surface area contributed by atoms with E-state index in [0.29, 0.717) is 0 Å². The summed E-state index contributed by atoms with van der Waals surface area (Å²) in [6.07, 6.45) is 2.75. The van der Waals surface area contributed by atoms with Gasteiger partial charge in [-0.1, -0.05) is 104 Å². The summed E-state index contributed by atoms with van der Waals surface area (Å²) in [4.78, 5) is 16.2. The smallest absolute Gasteiger partial charge is 0.405 e. The maximum atomic E-state index is 11.3. The minimum absolute atomic E-state index is 0.182. The molecule has 5 heteroatoms. The van der Waals surface area contributed by atoms with Gasteiger partial charge in [-0.05, 0) is 25.3 Å². The Morgan fingerprint density at radius 2 is 1.44 bits per heavy atom. The normalized spacial score (nSPS) is 11.8. The van der Waals surface area contributed by atoms with Crippen LogP contribution in [0.15, 0.2) is 91.0 Å². The molecular weight excluding hydrogens is 422 g/mol. The first-order valence-electron chi connectivity index (χ1n) is 11.9. The number of carbonyl (C=O) groups is 1. The van der Waals surface area contributed by atoms with E-state index in [1.165, 1.54) is 0 Å². The number of amides is 1. The van der Waals surface area contributed by atoms with Crippen molar-refractivity contribution >= 4 is 6.09 Å². The van der Waals surface area contributed by atoms with Crippen LogP contribution in [0.25, 0.3) is 22.5 Å². The van der Waals surface area contributed by atoms with E-state index < -0.39 is 6.09 Å². The summed E-state index contributed by atoms with van der Waals surface area (Å²) in [7, 11) is 0. The number of aromatic nitrogens is 2. The van der Waals surface area contributed by atoms with Crippen molar-refractivity contribution in [1.29, 1.82) is 0 Å². The van der Waals surface area contributed by atoms with Gasteiger partial charge in [0.05, 0.1) is 17.4 Å². The minimum Gasteiger partial charge on any atom is -0.465 e. The Bertz CT molecular complexity index is 1190. The molecule has 0 saturated carbocycles. The number of hydrogen-bond donors (Lipinski definition) is 2. The molecule has 1 atom stereocenters. The summed E-state index contributed by atoms with van der Waals surface area (Å²) in [6, 6.07) is 30.4. The summed E-state index contributed by atoms with van der Waals surface area (Å²) in [6.45, 7) is 2.94. The average molecular weight is 454 g/mol. The van der Waals surface area contributed by atoms with E-state index in [2.05, 4.69) is 53.2 Å². The lowest BCUT2D eigenvalue weighted by Gasteiger charge is -2.17.